The molecule has 0 aliphatic carbocycles. The molecule has 0 saturated carbocycles. The third-order valence-corrected chi connectivity index (χ3v) is 4.06. The van der Waals surface area contributed by atoms with Crippen LogP contribution in [0.5, 0.6) is 5.75 Å². The molecule has 2 N–H and O–H groups in total. The average molecular weight is 369 g/mol. The highest BCUT2D eigenvalue weighted by Gasteiger charge is 2.21. The maximum absolute atomic E-state index is 12.1. The van der Waals surface area contributed by atoms with Crippen LogP contribution in [0.1, 0.15) is 33.5 Å². The van der Waals surface area contributed by atoms with Crippen molar-refractivity contribution in [2.75, 3.05) is 0 Å². The van der Waals surface area contributed by atoms with Crippen molar-refractivity contribution in [2.45, 2.75) is 50.2 Å². The van der Waals surface area contributed by atoms with E-state index in [4.69, 9.17) is 16.3 Å². The van der Waals surface area contributed by atoms with Crippen LogP contribution < -0.4 is 10.1 Å². The number of benzene rings is 1. The molecule has 8 heteroatoms. The Morgan fingerprint density at radius 1 is 1.38 bits per heavy atom. The van der Waals surface area contributed by atoms with E-state index in [1.54, 1.807) is 24.3 Å². The molecule has 0 spiro atoms. The fourth-order valence-electron chi connectivity index (χ4n) is 1.76. The lowest BCUT2D eigenvalue weighted by Gasteiger charge is -2.22. The van der Waals surface area contributed by atoms with Gasteiger partial charge in [-0.3, -0.25) is 9.89 Å². The molecule has 0 aliphatic rings. The van der Waals surface area contributed by atoms with E-state index in [9.17, 15) is 4.79 Å². The number of halogens is 1. The van der Waals surface area contributed by atoms with E-state index in [-0.39, 0.29) is 23.3 Å². The molecule has 24 heavy (non-hydrogen) atoms. The van der Waals surface area contributed by atoms with Crippen molar-refractivity contribution in [1.82, 2.24) is 20.5 Å². The number of hydrogen-bond acceptors (Lipinski definition) is 5. The summed E-state index contributed by atoms with van der Waals surface area (Å²) in [7, 11) is 0. The molecule has 1 heterocycles. The third-order valence-electron chi connectivity index (χ3n) is 2.85. The predicted octanol–water partition coefficient (Wildman–Crippen LogP) is 3.43. The second kappa shape index (κ2) is 7.90. The largest absolute Gasteiger partial charge is 0.486 e. The standard InChI is InChI=1S/C16H21ClN4O2S/c1-10(14(22)19-16(2,3)4)24-15-18-13(20-21-15)9-23-12-7-5-11(17)6-8-12/h5-8,10H,9H2,1-4H3,(H,19,22)(H,18,20,21). The second-order valence-corrected chi connectivity index (χ2v) is 8.05. The van der Waals surface area contributed by atoms with Gasteiger partial charge in [0.25, 0.3) is 0 Å². The minimum Gasteiger partial charge on any atom is -0.486 e. The van der Waals surface area contributed by atoms with Gasteiger partial charge < -0.3 is 10.1 Å². The van der Waals surface area contributed by atoms with Crippen LogP contribution in [0, 0.1) is 0 Å². The van der Waals surface area contributed by atoms with Crippen molar-refractivity contribution in [2.24, 2.45) is 0 Å². The van der Waals surface area contributed by atoms with Crippen molar-refractivity contribution in [3.8, 4) is 5.75 Å². The van der Waals surface area contributed by atoms with Gasteiger partial charge in [-0.05, 0) is 52.0 Å². The molecular weight excluding hydrogens is 348 g/mol. The first-order valence-electron chi connectivity index (χ1n) is 7.51. The number of rotatable bonds is 6. The van der Waals surface area contributed by atoms with Crippen LogP contribution >= 0.6 is 23.4 Å². The highest BCUT2D eigenvalue weighted by Crippen LogP contribution is 2.21. The van der Waals surface area contributed by atoms with Crippen LogP contribution in [-0.2, 0) is 11.4 Å². The van der Waals surface area contributed by atoms with Gasteiger partial charge in [-0.15, -0.1) is 5.10 Å². The lowest BCUT2D eigenvalue weighted by atomic mass is 10.1. The van der Waals surface area contributed by atoms with Crippen molar-refractivity contribution < 1.29 is 9.53 Å². The molecule has 0 bridgehead atoms. The Morgan fingerprint density at radius 2 is 2.04 bits per heavy atom. The lowest BCUT2D eigenvalue weighted by Crippen LogP contribution is -2.44. The quantitative estimate of drug-likeness (QED) is 0.763. The molecule has 1 aromatic heterocycles. The van der Waals surface area contributed by atoms with E-state index < -0.39 is 0 Å². The fourth-order valence-corrected chi connectivity index (χ4v) is 2.63. The number of aromatic nitrogens is 3. The Bertz CT molecular complexity index is 682. The summed E-state index contributed by atoms with van der Waals surface area (Å²) in [6.45, 7) is 7.92. The molecule has 0 fully saturated rings. The first kappa shape index (κ1) is 18.6. The molecule has 0 saturated heterocycles. The van der Waals surface area contributed by atoms with Crippen LogP contribution in [0.3, 0.4) is 0 Å². The molecule has 1 unspecified atom stereocenters. The van der Waals surface area contributed by atoms with Crippen LogP contribution in [-0.4, -0.2) is 31.9 Å². The molecule has 2 aromatic rings. The Hall–Kier alpha value is -1.73. The number of H-pyrrole nitrogens is 1. The zero-order valence-electron chi connectivity index (χ0n) is 14.1. The van der Waals surface area contributed by atoms with Crippen LogP contribution in [0.15, 0.2) is 29.4 Å². The van der Waals surface area contributed by atoms with Gasteiger partial charge in [-0.1, -0.05) is 23.4 Å². The minimum absolute atomic E-state index is 0.0451. The molecule has 0 aliphatic heterocycles. The number of nitrogens with zero attached hydrogens (tertiary/aromatic N) is 2. The molecular formula is C16H21ClN4O2S. The topological polar surface area (TPSA) is 79.9 Å². The van der Waals surface area contributed by atoms with Gasteiger partial charge in [-0.2, -0.15) is 0 Å². The summed E-state index contributed by atoms with van der Waals surface area (Å²) in [6.07, 6.45) is 0. The summed E-state index contributed by atoms with van der Waals surface area (Å²) in [5.41, 5.74) is -0.261. The highest BCUT2D eigenvalue weighted by molar-refractivity contribution is 8.00. The van der Waals surface area contributed by atoms with Crippen molar-refractivity contribution >= 4 is 29.3 Å². The maximum Gasteiger partial charge on any atom is 0.233 e. The number of nitrogens with one attached hydrogen (secondary N) is 2. The van der Waals surface area contributed by atoms with E-state index >= 15 is 0 Å². The molecule has 6 nitrogen and oxygen atoms in total. The van der Waals surface area contributed by atoms with E-state index in [1.165, 1.54) is 11.8 Å². The summed E-state index contributed by atoms with van der Waals surface area (Å²) in [4.78, 5) is 16.4. The van der Waals surface area contributed by atoms with Gasteiger partial charge in [0.1, 0.15) is 12.4 Å². The number of carbonyl (C=O) groups excluding carboxylic acids is 1. The summed E-state index contributed by atoms with van der Waals surface area (Å²) >= 11 is 7.12. The summed E-state index contributed by atoms with van der Waals surface area (Å²) < 4.78 is 5.60. The van der Waals surface area contributed by atoms with Crippen molar-refractivity contribution in [3.05, 3.63) is 35.1 Å². The number of ether oxygens (including phenoxy) is 1. The Labute approximate surface area is 150 Å². The van der Waals surface area contributed by atoms with Gasteiger partial charge in [-0.25, -0.2) is 4.98 Å². The second-order valence-electron chi connectivity index (χ2n) is 6.31. The number of hydrogen-bond donors (Lipinski definition) is 2. The first-order valence-corrected chi connectivity index (χ1v) is 8.77. The monoisotopic (exact) mass is 368 g/mol. The number of thioether (sulfide) groups is 1. The predicted molar refractivity (Wildman–Crippen MR) is 95.4 cm³/mol. The Kier molecular flexibility index (Phi) is 6.12. The van der Waals surface area contributed by atoms with Crippen LogP contribution in [0.2, 0.25) is 5.02 Å². The SMILES string of the molecule is CC(Sc1n[nH]c(COc2ccc(Cl)cc2)n1)C(=O)NC(C)(C)C. The molecule has 130 valence electrons. The summed E-state index contributed by atoms with van der Waals surface area (Å²) in [6, 6.07) is 7.09. The van der Waals surface area contributed by atoms with Gasteiger partial charge in [0.2, 0.25) is 11.1 Å². The Morgan fingerprint density at radius 3 is 2.67 bits per heavy atom. The Balaban J connectivity index is 1.86. The molecule has 2 rings (SSSR count). The molecule has 0 radical (unpaired) electrons. The molecule has 1 amide bonds. The van der Waals surface area contributed by atoms with Gasteiger partial charge in [0.15, 0.2) is 5.82 Å². The maximum atomic E-state index is 12.1. The normalized spacial score (nSPS) is 12.7. The van der Waals surface area contributed by atoms with Crippen LogP contribution in [0.4, 0.5) is 0 Å². The van der Waals surface area contributed by atoms with Gasteiger partial charge in [0.05, 0.1) is 5.25 Å². The van der Waals surface area contributed by atoms with Gasteiger partial charge in [0, 0.05) is 10.6 Å². The zero-order chi connectivity index (χ0) is 17.7. The number of amides is 1. The smallest absolute Gasteiger partial charge is 0.233 e. The minimum atomic E-state index is -0.287. The van der Waals surface area contributed by atoms with E-state index in [0.29, 0.717) is 21.8 Å². The molecule has 1 atom stereocenters. The lowest BCUT2D eigenvalue weighted by molar-refractivity contribution is -0.121. The highest BCUT2D eigenvalue weighted by atomic mass is 35.5. The molecule has 1 aromatic carbocycles. The third kappa shape index (κ3) is 6.05. The number of aromatic amines is 1. The fraction of sp³-hybridized carbons (Fsp3) is 0.438. The zero-order valence-corrected chi connectivity index (χ0v) is 15.7. The van der Waals surface area contributed by atoms with E-state index in [0.717, 1.165) is 0 Å². The first-order chi connectivity index (χ1) is 11.2. The summed E-state index contributed by atoms with van der Waals surface area (Å²) in [5, 5.41) is 10.7. The average Bonchev–Trinajstić information content (AvgIpc) is 2.92. The van der Waals surface area contributed by atoms with Gasteiger partial charge >= 0.3 is 0 Å². The van der Waals surface area contributed by atoms with E-state index in [2.05, 4.69) is 20.5 Å². The number of carbonyl (C=O) groups is 1. The van der Waals surface area contributed by atoms with E-state index in [1.807, 2.05) is 27.7 Å². The summed E-state index contributed by atoms with van der Waals surface area (Å²) in [5.74, 6) is 1.25. The van der Waals surface area contributed by atoms with Crippen molar-refractivity contribution in [3.63, 3.8) is 0 Å². The van der Waals surface area contributed by atoms with Crippen molar-refractivity contribution in [1.29, 1.82) is 0 Å². The van der Waals surface area contributed by atoms with Crippen LogP contribution in [0.25, 0.3) is 0 Å².